The van der Waals surface area contributed by atoms with Gasteiger partial charge in [0.05, 0.1) is 28.9 Å². The molecule has 1 atom stereocenters. The van der Waals surface area contributed by atoms with Crippen molar-refractivity contribution in [1.82, 2.24) is 14.7 Å². The molecule has 180 valence electrons. The lowest BCUT2D eigenvalue weighted by Gasteiger charge is -2.36. The zero-order chi connectivity index (χ0) is 24.4. The number of imidazole rings is 1. The van der Waals surface area contributed by atoms with E-state index in [2.05, 4.69) is 9.72 Å². The maximum Gasteiger partial charge on any atom is 0.227 e. The van der Waals surface area contributed by atoms with Crippen LogP contribution < -0.4 is 4.90 Å². The Morgan fingerprint density at radius 1 is 1.09 bits per heavy atom. The number of hydrogen-bond acceptors (Lipinski definition) is 5. The number of carbonyl (C=O) groups excluding carboxylic acids is 1. The summed E-state index contributed by atoms with van der Waals surface area (Å²) in [6.45, 7) is 3.75. The zero-order valence-electron chi connectivity index (χ0n) is 19.3. The third-order valence-corrected chi connectivity index (χ3v) is 7.18. The predicted molar refractivity (Wildman–Crippen MR) is 125 cm³/mol. The van der Waals surface area contributed by atoms with Gasteiger partial charge in [0.15, 0.2) is 11.6 Å². The molecule has 7 nitrogen and oxygen atoms in total. The summed E-state index contributed by atoms with van der Waals surface area (Å²) in [4.78, 5) is 19.4. The Balaban J connectivity index is 1.50. The fourth-order valence-electron chi connectivity index (χ4n) is 5.44. The summed E-state index contributed by atoms with van der Waals surface area (Å²) in [5.41, 5.74) is 4.59. The number of carbonyl (C=O) groups is 1. The number of aliphatic hydroxyl groups is 1. The number of hydrogen-bond donors (Lipinski definition) is 1. The summed E-state index contributed by atoms with van der Waals surface area (Å²) >= 11 is 0. The number of aliphatic hydroxyl groups excluding tert-OH is 1. The average Bonchev–Trinajstić information content (AvgIpc) is 3.47. The first kappa shape index (κ1) is 21.9. The molecule has 9 heteroatoms. The number of halogens is 2. The molecule has 2 aliphatic rings. The molecule has 2 fully saturated rings. The highest BCUT2D eigenvalue weighted by Gasteiger charge is 2.40. The Morgan fingerprint density at radius 2 is 1.89 bits per heavy atom. The quantitative estimate of drug-likeness (QED) is 0.439. The van der Waals surface area contributed by atoms with Gasteiger partial charge in [0.1, 0.15) is 11.6 Å². The van der Waals surface area contributed by atoms with Gasteiger partial charge in [-0.15, -0.1) is 0 Å². The molecule has 35 heavy (non-hydrogen) atoms. The average molecular weight is 478 g/mol. The van der Waals surface area contributed by atoms with Gasteiger partial charge >= 0.3 is 0 Å². The minimum atomic E-state index is -0.999. The van der Waals surface area contributed by atoms with Crippen LogP contribution in [-0.2, 0) is 4.79 Å². The maximum atomic E-state index is 14.0. The van der Waals surface area contributed by atoms with E-state index in [1.807, 2.05) is 32.0 Å². The van der Waals surface area contributed by atoms with E-state index in [4.69, 9.17) is 9.51 Å². The van der Waals surface area contributed by atoms with E-state index in [0.717, 1.165) is 45.7 Å². The van der Waals surface area contributed by atoms with Crippen molar-refractivity contribution in [3.63, 3.8) is 0 Å². The summed E-state index contributed by atoms with van der Waals surface area (Å²) in [6, 6.07) is 9.10. The van der Waals surface area contributed by atoms with Crippen molar-refractivity contribution in [3.05, 3.63) is 65.3 Å². The van der Waals surface area contributed by atoms with Gasteiger partial charge in [-0.2, -0.15) is 0 Å². The Bertz CT molecular complexity index is 1450. The summed E-state index contributed by atoms with van der Waals surface area (Å²) in [5, 5.41) is 14.1. The SMILES string of the molecule is Cc1noc(C)c1-c1ccc2c(c1)nc([C@@H]1CCC(=O)N1c1ccc(F)c(F)c1)n2[C@H]1C[C@H](O)C1. The smallest absolute Gasteiger partial charge is 0.227 e. The third kappa shape index (κ3) is 3.44. The number of aryl methyl sites for hydroxylation is 2. The van der Waals surface area contributed by atoms with Gasteiger partial charge < -0.3 is 19.1 Å². The van der Waals surface area contributed by atoms with Gasteiger partial charge in [-0.05, 0) is 62.9 Å². The lowest BCUT2D eigenvalue weighted by atomic mass is 9.88. The van der Waals surface area contributed by atoms with Crippen molar-refractivity contribution in [2.45, 2.75) is 57.7 Å². The molecule has 1 saturated heterocycles. The van der Waals surface area contributed by atoms with Crippen molar-refractivity contribution in [2.75, 3.05) is 4.90 Å². The van der Waals surface area contributed by atoms with E-state index in [9.17, 15) is 18.7 Å². The zero-order valence-corrected chi connectivity index (χ0v) is 19.3. The molecule has 4 aromatic rings. The van der Waals surface area contributed by atoms with Crippen LogP contribution in [0.3, 0.4) is 0 Å². The van der Waals surface area contributed by atoms with Gasteiger partial charge in [-0.3, -0.25) is 4.79 Å². The van der Waals surface area contributed by atoms with Crippen LogP contribution in [0.4, 0.5) is 14.5 Å². The normalized spacial score (nSPS) is 22.3. The van der Waals surface area contributed by atoms with Crippen molar-refractivity contribution < 1.29 is 23.2 Å². The second kappa shape index (κ2) is 7.98. The van der Waals surface area contributed by atoms with E-state index in [-0.39, 0.29) is 24.5 Å². The number of anilines is 1. The van der Waals surface area contributed by atoms with Crippen LogP contribution in [0.15, 0.2) is 40.9 Å². The van der Waals surface area contributed by atoms with Gasteiger partial charge in [0, 0.05) is 29.8 Å². The monoisotopic (exact) mass is 478 g/mol. The van der Waals surface area contributed by atoms with Gasteiger partial charge in [-0.25, -0.2) is 13.8 Å². The second-order valence-electron chi connectivity index (χ2n) is 9.44. The van der Waals surface area contributed by atoms with Crippen LogP contribution in [0.5, 0.6) is 0 Å². The van der Waals surface area contributed by atoms with Crippen molar-refractivity contribution in [3.8, 4) is 11.1 Å². The minimum Gasteiger partial charge on any atom is -0.393 e. The maximum absolute atomic E-state index is 14.0. The largest absolute Gasteiger partial charge is 0.393 e. The first-order chi connectivity index (χ1) is 16.8. The lowest BCUT2D eigenvalue weighted by molar-refractivity contribution is -0.117. The van der Waals surface area contributed by atoms with Crippen LogP contribution in [-0.4, -0.2) is 31.8 Å². The molecule has 0 spiro atoms. The van der Waals surface area contributed by atoms with Crippen LogP contribution in [0.1, 0.15) is 55.0 Å². The second-order valence-corrected chi connectivity index (χ2v) is 9.44. The number of rotatable bonds is 4. The molecule has 1 aliphatic heterocycles. The molecular weight excluding hydrogens is 454 g/mol. The molecule has 1 amide bonds. The molecule has 1 aliphatic carbocycles. The first-order valence-corrected chi connectivity index (χ1v) is 11.7. The third-order valence-electron chi connectivity index (χ3n) is 7.18. The molecule has 1 N–H and O–H groups in total. The molecule has 0 unspecified atom stereocenters. The highest BCUT2D eigenvalue weighted by molar-refractivity contribution is 5.96. The van der Waals surface area contributed by atoms with E-state index >= 15 is 0 Å². The molecular formula is C26H24F2N4O3. The molecule has 3 heterocycles. The fourth-order valence-corrected chi connectivity index (χ4v) is 5.44. The lowest BCUT2D eigenvalue weighted by Crippen LogP contribution is -2.34. The Morgan fingerprint density at radius 3 is 2.57 bits per heavy atom. The molecule has 1 saturated carbocycles. The first-order valence-electron chi connectivity index (χ1n) is 11.7. The summed E-state index contributed by atoms with van der Waals surface area (Å²) in [7, 11) is 0. The molecule has 0 radical (unpaired) electrons. The number of aromatic nitrogens is 3. The van der Waals surface area contributed by atoms with E-state index < -0.39 is 17.7 Å². The van der Waals surface area contributed by atoms with Crippen LogP contribution in [0.2, 0.25) is 0 Å². The van der Waals surface area contributed by atoms with Crippen molar-refractivity contribution in [2.24, 2.45) is 0 Å². The number of nitrogens with zero attached hydrogens (tertiary/aromatic N) is 4. The van der Waals surface area contributed by atoms with Gasteiger partial charge in [0.25, 0.3) is 0 Å². The van der Waals surface area contributed by atoms with E-state index in [0.29, 0.717) is 30.8 Å². The predicted octanol–water partition coefficient (Wildman–Crippen LogP) is 5.15. The van der Waals surface area contributed by atoms with Gasteiger partial charge in [-0.1, -0.05) is 11.2 Å². The van der Waals surface area contributed by atoms with Gasteiger partial charge in [0.2, 0.25) is 5.91 Å². The molecule has 2 aromatic heterocycles. The van der Waals surface area contributed by atoms with Crippen LogP contribution >= 0.6 is 0 Å². The number of fused-ring (bicyclic) bond motifs is 1. The molecule has 2 aromatic carbocycles. The molecule has 6 rings (SSSR count). The number of amides is 1. The van der Waals surface area contributed by atoms with E-state index in [1.165, 1.54) is 11.0 Å². The van der Waals surface area contributed by atoms with E-state index in [1.54, 1.807) is 0 Å². The topological polar surface area (TPSA) is 84.4 Å². The summed E-state index contributed by atoms with van der Waals surface area (Å²) in [5.74, 6) is -0.720. The standard InChI is InChI=1S/C26H24F2N4O3/c1-13-25(14(2)35-30-13)15-3-6-22-21(9-15)29-26(32(22)17-10-18(33)11-17)23-7-8-24(34)31(23)16-4-5-19(27)20(28)12-16/h3-6,9,12,17-18,23,33H,7-8,10-11H2,1-2H3/t17-,18-,23-/m0/s1. The number of benzene rings is 2. The Labute approximate surface area is 200 Å². The fraction of sp³-hybridized carbons (Fsp3) is 0.346. The minimum absolute atomic E-state index is 0.0393. The van der Waals surface area contributed by atoms with Crippen molar-refractivity contribution in [1.29, 1.82) is 0 Å². The highest BCUT2D eigenvalue weighted by Crippen LogP contribution is 2.43. The van der Waals surface area contributed by atoms with Crippen LogP contribution in [0, 0.1) is 25.5 Å². The molecule has 0 bridgehead atoms. The Kier molecular flexibility index (Phi) is 5.00. The highest BCUT2D eigenvalue weighted by atomic mass is 19.2. The summed E-state index contributed by atoms with van der Waals surface area (Å²) in [6.07, 6.45) is 1.60. The van der Waals surface area contributed by atoms with Crippen molar-refractivity contribution >= 4 is 22.6 Å². The Hall–Kier alpha value is -3.59. The summed E-state index contributed by atoms with van der Waals surface area (Å²) < 4.78 is 35.1. The van der Waals surface area contributed by atoms with Crippen LogP contribution in [0.25, 0.3) is 22.2 Å².